The first kappa shape index (κ1) is 50.3. The number of likely N-dealkylation sites (tertiary alicyclic amines) is 1. The molecule has 9 heterocycles. The first-order valence-electron chi connectivity index (χ1n) is 27.0. The van der Waals surface area contributed by atoms with Crippen LogP contribution in [0.2, 0.25) is 0 Å². The Morgan fingerprint density at radius 2 is 1.75 bits per heavy atom. The van der Waals surface area contributed by atoms with Gasteiger partial charge >= 0.3 is 17.8 Å². The molecule has 0 saturated carbocycles. The number of hydrogen-bond acceptors (Lipinski definition) is 13. The number of pyridine rings is 1. The van der Waals surface area contributed by atoms with Crippen molar-refractivity contribution in [2.75, 3.05) is 57.4 Å². The Labute approximate surface area is 442 Å². The van der Waals surface area contributed by atoms with Crippen molar-refractivity contribution in [3.8, 4) is 29.6 Å². The number of hydrogen-bond donors (Lipinski definition) is 3. The number of terminal acetylenes is 1. The molecule has 18 nitrogen and oxygen atoms in total. The quantitative estimate of drug-likeness (QED) is 0.0696. The van der Waals surface area contributed by atoms with Crippen LogP contribution in [0.3, 0.4) is 0 Å². The van der Waals surface area contributed by atoms with Gasteiger partial charge in [-0.15, -0.1) is 6.42 Å². The van der Waals surface area contributed by atoms with E-state index < -0.39 is 29.7 Å². The number of carbonyl (C=O) groups excluding carboxylic acids is 4. The van der Waals surface area contributed by atoms with Gasteiger partial charge < -0.3 is 29.9 Å². The number of benzene rings is 3. The fraction of sp³-hybridized carbons (Fsp3) is 0.474. The zero-order chi connectivity index (χ0) is 53.1. The van der Waals surface area contributed by atoms with Crippen molar-refractivity contribution >= 4 is 62.3 Å². The first-order chi connectivity index (χ1) is 37.4. The smallest absolute Gasteiger partial charge is 0.407 e. The Kier molecular flexibility index (Phi) is 13.4. The van der Waals surface area contributed by atoms with Crippen LogP contribution in [0.5, 0.6) is 6.01 Å². The summed E-state index contributed by atoms with van der Waals surface area (Å²) in [6.45, 7) is 4.00. The number of imide groups is 1. The molecule has 3 aromatic carbocycles. The van der Waals surface area contributed by atoms with Gasteiger partial charge in [0.25, 0.3) is 0 Å². The minimum atomic E-state index is -0.762. The number of halogens is 2. The highest BCUT2D eigenvalue weighted by Crippen LogP contribution is 2.44. The van der Waals surface area contributed by atoms with E-state index in [1.54, 1.807) is 42.1 Å². The third kappa shape index (κ3) is 9.20. The van der Waals surface area contributed by atoms with Crippen molar-refractivity contribution in [3.63, 3.8) is 0 Å². The molecule has 12 rings (SSSR count). The van der Waals surface area contributed by atoms with Crippen molar-refractivity contribution in [2.24, 2.45) is 7.05 Å². The lowest BCUT2D eigenvalue weighted by atomic mass is 9.88. The molecule has 6 aliphatic heterocycles. The summed E-state index contributed by atoms with van der Waals surface area (Å²) in [4.78, 5) is 85.1. The highest BCUT2D eigenvalue weighted by Gasteiger charge is 2.50. The number of rotatable bonds is 13. The van der Waals surface area contributed by atoms with E-state index in [2.05, 4.69) is 36.7 Å². The van der Waals surface area contributed by atoms with Crippen LogP contribution in [0, 0.1) is 24.0 Å². The van der Waals surface area contributed by atoms with E-state index in [1.807, 2.05) is 23.1 Å². The number of piperazine rings is 1. The Bertz CT molecular complexity index is 3470. The maximum atomic E-state index is 17.2. The first-order valence-corrected chi connectivity index (χ1v) is 27.0. The summed E-state index contributed by atoms with van der Waals surface area (Å²) in [6, 6.07) is 13.7. The normalized spacial score (nSPS) is 23.7. The number of para-hydroxylation sites is 1. The number of piperidine rings is 2. The van der Waals surface area contributed by atoms with Gasteiger partial charge in [-0.2, -0.15) is 9.97 Å². The second-order valence-electron chi connectivity index (χ2n) is 21.7. The average molecular weight is 1050 g/mol. The number of ether oxygens (including phenoxy) is 2. The number of nitrogens with one attached hydrogen (secondary N) is 3. The molecule has 5 atom stereocenters. The second kappa shape index (κ2) is 20.5. The molecule has 3 unspecified atom stereocenters. The summed E-state index contributed by atoms with van der Waals surface area (Å²) in [5, 5.41) is 10.4. The van der Waals surface area contributed by atoms with E-state index in [1.165, 1.54) is 10.6 Å². The zero-order valence-corrected chi connectivity index (χ0v) is 43.0. The monoisotopic (exact) mass is 1050 g/mol. The fourth-order valence-electron chi connectivity index (χ4n) is 13.4. The van der Waals surface area contributed by atoms with Crippen molar-refractivity contribution in [1.82, 2.24) is 49.8 Å². The highest BCUT2D eigenvalue weighted by atomic mass is 19.1. The lowest BCUT2D eigenvalue weighted by Gasteiger charge is -2.35. The molecule has 0 radical (unpaired) electrons. The molecule has 6 fully saturated rings. The van der Waals surface area contributed by atoms with Gasteiger partial charge in [-0.1, -0.05) is 42.3 Å². The maximum absolute atomic E-state index is 17.2. The fourth-order valence-corrected chi connectivity index (χ4v) is 13.4. The molecule has 3 aromatic heterocycles. The molecule has 400 valence electrons. The van der Waals surface area contributed by atoms with Gasteiger partial charge in [-0.3, -0.25) is 38.7 Å². The summed E-state index contributed by atoms with van der Waals surface area (Å²) < 4.78 is 47.6. The molecule has 0 aliphatic carbocycles. The molecule has 0 spiro atoms. The van der Waals surface area contributed by atoms with Crippen LogP contribution in [0.4, 0.5) is 19.4 Å². The molecule has 2 bridgehead atoms. The van der Waals surface area contributed by atoms with E-state index in [4.69, 9.17) is 25.9 Å². The largest absolute Gasteiger partial charge is 0.461 e. The van der Waals surface area contributed by atoms with Crippen LogP contribution in [0.15, 0.2) is 59.5 Å². The van der Waals surface area contributed by atoms with Gasteiger partial charge in [-0.25, -0.2) is 18.4 Å². The predicted octanol–water partition coefficient (Wildman–Crippen LogP) is 5.96. The molecule has 6 saturated heterocycles. The summed E-state index contributed by atoms with van der Waals surface area (Å²) in [6.07, 6.45) is 14.9. The Hall–Kier alpha value is -7.50. The van der Waals surface area contributed by atoms with Crippen molar-refractivity contribution < 1.29 is 37.4 Å². The minimum absolute atomic E-state index is 0.00326. The van der Waals surface area contributed by atoms with Crippen molar-refractivity contribution in [1.29, 1.82) is 0 Å². The Morgan fingerprint density at radius 3 is 2.55 bits per heavy atom. The molecule has 3 N–H and O–H groups in total. The molecular formula is C57H61F2N11O7. The highest BCUT2D eigenvalue weighted by molar-refractivity contribution is 6.02. The number of aryl methyl sites for hydroxylation is 1. The lowest BCUT2D eigenvalue weighted by Crippen LogP contribution is -2.51. The average Bonchev–Trinajstić information content (AvgIpc) is 4.30. The van der Waals surface area contributed by atoms with Crippen LogP contribution < -0.4 is 31.3 Å². The predicted molar refractivity (Wildman–Crippen MR) is 283 cm³/mol. The van der Waals surface area contributed by atoms with Crippen molar-refractivity contribution in [2.45, 2.75) is 113 Å². The molecule has 77 heavy (non-hydrogen) atoms. The second-order valence-corrected chi connectivity index (χ2v) is 21.7. The van der Waals surface area contributed by atoms with E-state index in [-0.39, 0.29) is 109 Å². The van der Waals surface area contributed by atoms with E-state index in [0.717, 1.165) is 56.1 Å². The third-order valence-electron chi connectivity index (χ3n) is 17.2. The van der Waals surface area contributed by atoms with Gasteiger partial charge in [-0.05, 0) is 99.8 Å². The summed E-state index contributed by atoms with van der Waals surface area (Å²) >= 11 is 0. The number of alkyl carbamates (subject to hydrolysis) is 1. The van der Waals surface area contributed by atoms with Crippen LogP contribution in [0.25, 0.3) is 44.0 Å². The number of amides is 4. The van der Waals surface area contributed by atoms with Gasteiger partial charge in [0.1, 0.15) is 42.1 Å². The van der Waals surface area contributed by atoms with E-state index in [9.17, 15) is 24.0 Å². The molecule has 4 amide bonds. The minimum Gasteiger partial charge on any atom is -0.461 e. The summed E-state index contributed by atoms with van der Waals surface area (Å²) in [5.41, 5.74) is 2.18. The van der Waals surface area contributed by atoms with E-state index >= 15 is 8.78 Å². The summed E-state index contributed by atoms with van der Waals surface area (Å²) in [5.74, 6) is 1.05. The number of carbonyl (C=O) groups is 4. The topological polar surface area (TPSA) is 198 Å². The number of aromatic nitrogens is 5. The molecule has 20 heteroatoms. The maximum Gasteiger partial charge on any atom is 0.407 e. The lowest BCUT2D eigenvalue weighted by molar-refractivity contribution is -0.136. The number of imidazole rings is 1. The van der Waals surface area contributed by atoms with Crippen LogP contribution in [-0.2, 0) is 26.2 Å². The number of fused-ring (bicyclic) bond motifs is 6. The third-order valence-corrected chi connectivity index (χ3v) is 17.2. The van der Waals surface area contributed by atoms with Crippen molar-refractivity contribution in [3.05, 3.63) is 88.0 Å². The van der Waals surface area contributed by atoms with Gasteiger partial charge in [0, 0.05) is 87.9 Å². The number of nitrogens with zero attached hydrogens (tertiary/aromatic N) is 8. The Balaban J connectivity index is 0.654. The SMILES string of the molecule is C#Cc1c(F)ccc2cccc(-c3ncc4c(N5CC6CCC(C5)N6)nc(OC[C@@]56CCCN5[C@H](COC(=O)NCCCC(=O)N5CCC(c7cccc8c7n(C)c(=O)n8C7CCC(=O)NC7=O)CC5)CC6)nc4c3F)c12. The van der Waals surface area contributed by atoms with E-state index in [0.29, 0.717) is 78.5 Å². The van der Waals surface area contributed by atoms with Crippen LogP contribution >= 0.6 is 0 Å². The van der Waals surface area contributed by atoms with Gasteiger partial charge in [0.05, 0.1) is 27.5 Å². The van der Waals surface area contributed by atoms with Crippen LogP contribution in [-0.4, -0.2) is 134 Å². The standard InChI is InChI=1S/C57H61F2N11O7/c1-3-38-42(58)16-13-34-8-4-10-40(47(34)38)49-48(59)50-41(28-61-49)52(68-29-35-14-15-36(30-68)62-35)65-54(64-50)77-32-57-22-7-25-69(57)37(19-23-57)31-76-55(74)60-24-6-12-46(72)67-26-20-33(21-27-67)39-9-5-11-43-51(39)66(2)56(75)70(43)44-17-18-45(71)63-53(44)73/h1,4-5,8-11,13,16,28,33,35-37,44,62H,6-7,12,14-15,17-27,29-32H2,2H3,(H,60,74)(H,63,71,73)/t35?,36?,37-,44?,57-/m0/s1. The summed E-state index contributed by atoms with van der Waals surface area (Å²) in [7, 11) is 1.70. The molecule has 6 aromatic rings. The van der Waals surface area contributed by atoms with Crippen LogP contribution in [0.1, 0.15) is 100 Å². The molecule has 6 aliphatic rings. The zero-order valence-electron chi connectivity index (χ0n) is 43.0. The molecular weight excluding hydrogens is 989 g/mol. The number of anilines is 1. The van der Waals surface area contributed by atoms with Gasteiger partial charge in [0.2, 0.25) is 17.7 Å². The Morgan fingerprint density at radius 1 is 0.948 bits per heavy atom. The van der Waals surface area contributed by atoms with Gasteiger partial charge in [0.15, 0.2) is 5.82 Å².